The van der Waals surface area contributed by atoms with Crippen LogP contribution in [0.25, 0.3) is 0 Å². The highest BCUT2D eigenvalue weighted by Gasteiger charge is 2.41. The number of aromatic nitrogens is 1. The van der Waals surface area contributed by atoms with E-state index in [1.807, 2.05) is 0 Å². The van der Waals surface area contributed by atoms with Crippen molar-refractivity contribution in [3.63, 3.8) is 0 Å². The Balaban J connectivity index is 2.16. The molecule has 17 heavy (non-hydrogen) atoms. The molecule has 1 aliphatic heterocycles. The summed E-state index contributed by atoms with van der Waals surface area (Å²) in [6.45, 7) is -1.34. The van der Waals surface area contributed by atoms with Crippen LogP contribution >= 0.6 is 0 Å². The highest BCUT2D eigenvalue weighted by molar-refractivity contribution is 5.36. The number of rotatable bonds is 3. The lowest BCUT2D eigenvalue weighted by Crippen LogP contribution is -2.46. The fourth-order valence-electron chi connectivity index (χ4n) is 1.47. The first-order valence-electron chi connectivity index (χ1n) is 4.85. The van der Waals surface area contributed by atoms with Gasteiger partial charge in [-0.3, -0.25) is 4.98 Å². The van der Waals surface area contributed by atoms with Gasteiger partial charge < -0.3 is 14.6 Å². The van der Waals surface area contributed by atoms with Crippen molar-refractivity contribution in [2.45, 2.75) is 11.8 Å². The largest absolute Gasteiger partial charge is 0.484 e. The van der Waals surface area contributed by atoms with Crippen LogP contribution < -0.4 is 4.74 Å². The fraction of sp³-hybridized carbons (Fsp3) is 0.500. The van der Waals surface area contributed by atoms with Crippen LogP contribution in [-0.2, 0) is 10.3 Å². The summed E-state index contributed by atoms with van der Waals surface area (Å²) in [4.78, 5) is 3.76. The maximum atomic E-state index is 12.0. The van der Waals surface area contributed by atoms with Crippen molar-refractivity contribution in [1.82, 2.24) is 4.98 Å². The van der Waals surface area contributed by atoms with Crippen LogP contribution in [0.5, 0.6) is 5.75 Å². The highest BCUT2D eigenvalue weighted by atomic mass is 19.4. The summed E-state index contributed by atoms with van der Waals surface area (Å²) in [5.74, 6) is -0.0249. The van der Waals surface area contributed by atoms with Gasteiger partial charge in [0.1, 0.15) is 11.4 Å². The summed E-state index contributed by atoms with van der Waals surface area (Å²) in [7, 11) is 0. The maximum absolute atomic E-state index is 12.0. The van der Waals surface area contributed by atoms with Crippen LogP contribution in [0.4, 0.5) is 13.2 Å². The van der Waals surface area contributed by atoms with E-state index < -0.39 is 18.4 Å². The summed E-state index contributed by atoms with van der Waals surface area (Å²) >= 11 is 0. The molecule has 1 saturated heterocycles. The molecule has 1 fully saturated rings. The number of alkyl halides is 3. The van der Waals surface area contributed by atoms with Crippen LogP contribution in [0.15, 0.2) is 18.5 Å². The van der Waals surface area contributed by atoms with Crippen molar-refractivity contribution in [1.29, 1.82) is 0 Å². The molecule has 1 aliphatic rings. The van der Waals surface area contributed by atoms with Crippen LogP contribution in [0, 0.1) is 0 Å². The second-order valence-electron chi connectivity index (χ2n) is 3.80. The molecule has 0 unspecified atom stereocenters. The zero-order chi connectivity index (χ0) is 12.5. The van der Waals surface area contributed by atoms with Gasteiger partial charge in [-0.1, -0.05) is 0 Å². The second kappa shape index (κ2) is 4.15. The summed E-state index contributed by atoms with van der Waals surface area (Å²) in [5, 5.41) is 9.97. The molecule has 2 heterocycles. The predicted molar refractivity (Wildman–Crippen MR) is 50.5 cm³/mol. The standard InChI is InChI=1S/C10H10F3NO3/c11-10(12,13)6-17-8-1-2-14-3-7(8)9(15)4-16-5-9/h1-3,15H,4-6H2. The van der Waals surface area contributed by atoms with Gasteiger partial charge in [0.15, 0.2) is 6.61 Å². The quantitative estimate of drug-likeness (QED) is 0.875. The van der Waals surface area contributed by atoms with Crippen molar-refractivity contribution < 1.29 is 27.8 Å². The minimum absolute atomic E-state index is 0.0249. The van der Waals surface area contributed by atoms with Gasteiger partial charge in [-0.05, 0) is 6.07 Å². The van der Waals surface area contributed by atoms with Gasteiger partial charge in [-0.2, -0.15) is 13.2 Å². The molecule has 4 nitrogen and oxygen atoms in total. The van der Waals surface area contributed by atoms with Gasteiger partial charge >= 0.3 is 6.18 Å². The molecule has 0 aliphatic carbocycles. The number of hydrogen-bond donors (Lipinski definition) is 1. The monoisotopic (exact) mass is 249 g/mol. The summed E-state index contributed by atoms with van der Waals surface area (Å²) in [6.07, 6.45) is -1.83. The molecule has 0 spiro atoms. The third-order valence-corrected chi connectivity index (χ3v) is 2.36. The number of pyridine rings is 1. The lowest BCUT2D eigenvalue weighted by Gasteiger charge is -2.37. The molecule has 0 aromatic carbocycles. The Kier molecular flexibility index (Phi) is 2.96. The number of aliphatic hydroxyl groups is 1. The molecular formula is C10H10F3NO3. The van der Waals surface area contributed by atoms with Gasteiger partial charge in [0.05, 0.1) is 13.2 Å². The third-order valence-electron chi connectivity index (χ3n) is 2.36. The molecule has 1 aromatic heterocycles. The molecule has 94 valence electrons. The Morgan fingerprint density at radius 1 is 1.47 bits per heavy atom. The Labute approximate surface area is 95.0 Å². The molecule has 0 bridgehead atoms. The molecular weight excluding hydrogens is 239 g/mol. The van der Waals surface area contributed by atoms with Crippen molar-refractivity contribution in [3.05, 3.63) is 24.0 Å². The molecule has 0 amide bonds. The van der Waals surface area contributed by atoms with E-state index in [0.29, 0.717) is 0 Å². The molecule has 0 atom stereocenters. The van der Waals surface area contributed by atoms with Crippen molar-refractivity contribution >= 4 is 0 Å². The molecule has 2 rings (SSSR count). The van der Waals surface area contributed by atoms with E-state index >= 15 is 0 Å². The van der Waals surface area contributed by atoms with Crippen LogP contribution in [0.2, 0.25) is 0 Å². The first-order chi connectivity index (χ1) is 7.91. The molecule has 0 radical (unpaired) electrons. The number of hydrogen-bond acceptors (Lipinski definition) is 4. The van der Waals surface area contributed by atoms with Gasteiger partial charge in [0.2, 0.25) is 0 Å². The van der Waals surface area contributed by atoms with E-state index in [-0.39, 0.29) is 24.5 Å². The van der Waals surface area contributed by atoms with Crippen LogP contribution in [0.1, 0.15) is 5.56 Å². The van der Waals surface area contributed by atoms with Crippen LogP contribution in [-0.4, -0.2) is 36.1 Å². The minimum atomic E-state index is -4.42. The first kappa shape index (κ1) is 12.1. The Morgan fingerprint density at radius 2 is 2.18 bits per heavy atom. The normalized spacial score (nSPS) is 18.6. The van der Waals surface area contributed by atoms with Crippen molar-refractivity contribution in [3.8, 4) is 5.75 Å². The van der Waals surface area contributed by atoms with E-state index in [0.717, 1.165) is 0 Å². The smallest absolute Gasteiger partial charge is 0.422 e. The zero-order valence-electron chi connectivity index (χ0n) is 8.70. The lowest BCUT2D eigenvalue weighted by atomic mass is 9.93. The lowest BCUT2D eigenvalue weighted by molar-refractivity contribution is -0.187. The van der Waals surface area contributed by atoms with E-state index in [1.165, 1.54) is 18.5 Å². The van der Waals surface area contributed by atoms with Crippen molar-refractivity contribution in [2.75, 3.05) is 19.8 Å². The molecule has 1 N–H and O–H groups in total. The topological polar surface area (TPSA) is 51.6 Å². The van der Waals surface area contributed by atoms with Crippen LogP contribution in [0.3, 0.4) is 0 Å². The Bertz CT molecular complexity index is 404. The van der Waals surface area contributed by atoms with Gasteiger partial charge in [-0.15, -0.1) is 0 Å². The number of halogens is 3. The summed E-state index contributed by atoms with van der Waals surface area (Å²) in [6, 6.07) is 1.29. The van der Waals surface area contributed by atoms with Gasteiger partial charge in [0, 0.05) is 18.0 Å². The average molecular weight is 249 g/mol. The van der Waals surface area contributed by atoms with E-state index in [9.17, 15) is 18.3 Å². The Morgan fingerprint density at radius 3 is 2.71 bits per heavy atom. The highest BCUT2D eigenvalue weighted by Crippen LogP contribution is 2.35. The summed E-state index contributed by atoms with van der Waals surface area (Å²) < 4.78 is 45.6. The number of ether oxygens (including phenoxy) is 2. The maximum Gasteiger partial charge on any atom is 0.422 e. The molecule has 7 heteroatoms. The molecule has 1 aromatic rings. The molecule has 0 saturated carbocycles. The van der Waals surface area contributed by atoms with Gasteiger partial charge in [-0.25, -0.2) is 0 Å². The van der Waals surface area contributed by atoms with Gasteiger partial charge in [0.25, 0.3) is 0 Å². The fourth-order valence-corrected chi connectivity index (χ4v) is 1.47. The third kappa shape index (κ3) is 2.67. The predicted octanol–water partition coefficient (Wildman–Crippen LogP) is 1.24. The Hall–Kier alpha value is -1.34. The average Bonchev–Trinajstić information content (AvgIpc) is 2.22. The van der Waals surface area contributed by atoms with E-state index in [4.69, 9.17) is 4.74 Å². The summed E-state index contributed by atoms with van der Waals surface area (Å²) in [5.41, 5.74) is -1.08. The minimum Gasteiger partial charge on any atom is -0.484 e. The second-order valence-corrected chi connectivity index (χ2v) is 3.80. The van der Waals surface area contributed by atoms with E-state index in [1.54, 1.807) is 0 Å². The SMILES string of the molecule is OC1(c2cnccc2OCC(F)(F)F)COC1. The zero-order valence-corrected chi connectivity index (χ0v) is 8.70. The van der Waals surface area contributed by atoms with Crippen molar-refractivity contribution in [2.24, 2.45) is 0 Å². The first-order valence-corrected chi connectivity index (χ1v) is 4.85. The van der Waals surface area contributed by atoms with E-state index in [2.05, 4.69) is 9.72 Å². The number of nitrogens with zero attached hydrogens (tertiary/aromatic N) is 1.